The summed E-state index contributed by atoms with van der Waals surface area (Å²) in [4.78, 5) is 39.1. The number of hydrogen-bond acceptors (Lipinski definition) is 4. The van der Waals surface area contributed by atoms with Crippen molar-refractivity contribution in [2.45, 2.75) is 31.7 Å². The smallest absolute Gasteiger partial charge is 0.325 e. The van der Waals surface area contributed by atoms with Crippen molar-refractivity contribution >= 4 is 17.8 Å². The van der Waals surface area contributed by atoms with E-state index in [0.29, 0.717) is 6.54 Å². The van der Waals surface area contributed by atoms with Gasteiger partial charge in [-0.05, 0) is 30.5 Å². The molecular weight excluding hydrogens is 322 g/mol. The first-order valence-electron chi connectivity index (χ1n) is 8.62. The zero-order valence-corrected chi connectivity index (χ0v) is 14.4. The molecule has 1 N–H and O–H groups in total. The fourth-order valence-corrected chi connectivity index (χ4v) is 3.42. The Kier molecular flexibility index (Phi) is 5.21. The van der Waals surface area contributed by atoms with Crippen LogP contribution >= 0.6 is 0 Å². The summed E-state index contributed by atoms with van der Waals surface area (Å²) < 4.78 is 5.20. The Hall–Kier alpha value is -2.57. The minimum absolute atomic E-state index is 0.0337. The van der Waals surface area contributed by atoms with Crippen molar-refractivity contribution in [3.63, 3.8) is 0 Å². The van der Waals surface area contributed by atoms with Crippen LogP contribution in [-0.4, -0.2) is 54.4 Å². The standard InChI is InChI=1S/C18H23N3O4/c1-25-14-8-6-13(7-9-14)15-5-3-2-4-10-20(15)17(23)12-21-16(22)11-19-18(21)24/h6-9,15H,2-5,10-12H2,1H3,(H,19,24). The Morgan fingerprint density at radius 3 is 2.60 bits per heavy atom. The number of ether oxygens (including phenoxy) is 1. The summed E-state index contributed by atoms with van der Waals surface area (Å²) in [6.07, 6.45) is 3.92. The molecule has 2 fully saturated rings. The van der Waals surface area contributed by atoms with Crippen molar-refractivity contribution in [3.8, 4) is 5.75 Å². The van der Waals surface area contributed by atoms with Gasteiger partial charge in [0, 0.05) is 6.54 Å². The maximum atomic E-state index is 12.8. The van der Waals surface area contributed by atoms with Gasteiger partial charge < -0.3 is 15.0 Å². The lowest BCUT2D eigenvalue weighted by atomic mass is 10.0. The number of nitrogens with one attached hydrogen (secondary N) is 1. The van der Waals surface area contributed by atoms with E-state index in [1.54, 1.807) is 7.11 Å². The number of carbonyl (C=O) groups is 3. The molecule has 25 heavy (non-hydrogen) atoms. The van der Waals surface area contributed by atoms with Crippen LogP contribution in [-0.2, 0) is 9.59 Å². The molecular formula is C18H23N3O4. The fourth-order valence-electron chi connectivity index (χ4n) is 3.42. The van der Waals surface area contributed by atoms with Gasteiger partial charge in [-0.2, -0.15) is 0 Å². The number of nitrogens with zero attached hydrogens (tertiary/aromatic N) is 2. The van der Waals surface area contributed by atoms with Gasteiger partial charge in [-0.3, -0.25) is 14.5 Å². The van der Waals surface area contributed by atoms with Gasteiger partial charge >= 0.3 is 6.03 Å². The monoisotopic (exact) mass is 345 g/mol. The number of amides is 4. The number of likely N-dealkylation sites (tertiary alicyclic amines) is 1. The predicted molar refractivity (Wildman–Crippen MR) is 91.0 cm³/mol. The van der Waals surface area contributed by atoms with Gasteiger partial charge in [-0.1, -0.05) is 25.0 Å². The Balaban J connectivity index is 1.78. The van der Waals surface area contributed by atoms with E-state index in [0.717, 1.165) is 41.9 Å². The molecule has 0 saturated carbocycles. The van der Waals surface area contributed by atoms with Crippen LogP contribution in [0.4, 0.5) is 4.79 Å². The summed E-state index contributed by atoms with van der Waals surface area (Å²) in [5, 5.41) is 2.45. The van der Waals surface area contributed by atoms with Crippen LogP contribution in [0.5, 0.6) is 5.75 Å². The number of benzene rings is 1. The average molecular weight is 345 g/mol. The van der Waals surface area contributed by atoms with Crippen molar-refractivity contribution in [2.24, 2.45) is 0 Å². The molecule has 4 amide bonds. The molecule has 0 aromatic heterocycles. The van der Waals surface area contributed by atoms with Gasteiger partial charge in [0.1, 0.15) is 12.3 Å². The first-order chi connectivity index (χ1) is 12.1. The van der Waals surface area contributed by atoms with Crippen LogP contribution in [0.25, 0.3) is 0 Å². The van der Waals surface area contributed by atoms with E-state index in [9.17, 15) is 14.4 Å². The third-order valence-corrected chi connectivity index (χ3v) is 4.80. The molecule has 1 aromatic carbocycles. The number of hydrogen-bond donors (Lipinski definition) is 1. The number of methoxy groups -OCH3 is 1. The molecule has 7 nitrogen and oxygen atoms in total. The highest BCUT2D eigenvalue weighted by Gasteiger charge is 2.34. The third-order valence-electron chi connectivity index (χ3n) is 4.80. The van der Waals surface area contributed by atoms with Gasteiger partial charge in [-0.15, -0.1) is 0 Å². The molecule has 3 rings (SSSR count). The quantitative estimate of drug-likeness (QED) is 0.842. The van der Waals surface area contributed by atoms with E-state index in [-0.39, 0.29) is 30.9 Å². The van der Waals surface area contributed by atoms with Crippen LogP contribution in [0.1, 0.15) is 37.3 Å². The number of carbonyl (C=O) groups excluding carboxylic acids is 3. The van der Waals surface area contributed by atoms with E-state index in [4.69, 9.17) is 4.74 Å². The average Bonchev–Trinajstić information content (AvgIpc) is 2.83. The van der Waals surface area contributed by atoms with E-state index >= 15 is 0 Å². The van der Waals surface area contributed by atoms with Crippen LogP contribution < -0.4 is 10.1 Å². The molecule has 0 spiro atoms. The third kappa shape index (κ3) is 3.75. The lowest BCUT2D eigenvalue weighted by Crippen LogP contribution is -2.44. The molecule has 0 bridgehead atoms. The van der Waals surface area contributed by atoms with Crippen molar-refractivity contribution in [1.29, 1.82) is 0 Å². The van der Waals surface area contributed by atoms with E-state index in [1.807, 2.05) is 29.2 Å². The molecule has 1 atom stereocenters. The van der Waals surface area contributed by atoms with Gasteiger partial charge in [0.2, 0.25) is 5.91 Å². The summed E-state index contributed by atoms with van der Waals surface area (Å²) >= 11 is 0. The zero-order chi connectivity index (χ0) is 17.8. The van der Waals surface area contributed by atoms with Crippen LogP contribution in [0.2, 0.25) is 0 Å². The van der Waals surface area contributed by atoms with E-state index in [2.05, 4.69) is 5.32 Å². The summed E-state index contributed by atoms with van der Waals surface area (Å²) in [7, 11) is 1.62. The second-order valence-corrected chi connectivity index (χ2v) is 6.36. The zero-order valence-electron chi connectivity index (χ0n) is 14.4. The van der Waals surface area contributed by atoms with Gasteiger partial charge in [-0.25, -0.2) is 4.79 Å². The lowest BCUT2D eigenvalue weighted by molar-refractivity contribution is -0.138. The predicted octanol–water partition coefficient (Wildman–Crippen LogP) is 1.69. The molecule has 1 unspecified atom stereocenters. The minimum Gasteiger partial charge on any atom is -0.497 e. The van der Waals surface area contributed by atoms with Crippen molar-refractivity contribution in [1.82, 2.24) is 15.1 Å². The summed E-state index contributed by atoms with van der Waals surface area (Å²) in [6, 6.07) is 7.20. The molecule has 2 aliphatic rings. The molecule has 2 aliphatic heterocycles. The summed E-state index contributed by atoms with van der Waals surface area (Å²) in [6.45, 7) is 0.407. The molecule has 0 radical (unpaired) electrons. The molecule has 134 valence electrons. The fraction of sp³-hybridized carbons (Fsp3) is 0.500. The second-order valence-electron chi connectivity index (χ2n) is 6.36. The largest absolute Gasteiger partial charge is 0.497 e. The molecule has 1 aromatic rings. The van der Waals surface area contributed by atoms with Crippen molar-refractivity contribution < 1.29 is 19.1 Å². The Bertz CT molecular complexity index is 643. The first-order valence-corrected chi connectivity index (χ1v) is 8.62. The summed E-state index contributed by atoms with van der Waals surface area (Å²) in [5.41, 5.74) is 1.05. The molecule has 0 aliphatic carbocycles. The topological polar surface area (TPSA) is 79.0 Å². The molecule has 2 saturated heterocycles. The minimum atomic E-state index is -0.492. The van der Waals surface area contributed by atoms with E-state index in [1.165, 1.54) is 0 Å². The highest BCUT2D eigenvalue weighted by molar-refractivity contribution is 6.04. The normalized spacial score (nSPS) is 21.1. The molecule has 7 heteroatoms. The van der Waals surface area contributed by atoms with E-state index < -0.39 is 6.03 Å². The Morgan fingerprint density at radius 1 is 1.20 bits per heavy atom. The highest BCUT2D eigenvalue weighted by atomic mass is 16.5. The van der Waals surface area contributed by atoms with Crippen molar-refractivity contribution in [2.75, 3.05) is 26.7 Å². The van der Waals surface area contributed by atoms with Gasteiger partial charge in [0.15, 0.2) is 0 Å². The first kappa shape index (κ1) is 17.3. The number of imide groups is 1. The Labute approximate surface area is 146 Å². The summed E-state index contributed by atoms with van der Waals surface area (Å²) in [5.74, 6) is 0.233. The van der Waals surface area contributed by atoms with Crippen LogP contribution in [0.3, 0.4) is 0 Å². The van der Waals surface area contributed by atoms with Gasteiger partial charge in [0.25, 0.3) is 5.91 Å². The SMILES string of the molecule is COc1ccc(C2CCCCCN2C(=O)CN2C(=O)CNC2=O)cc1. The highest BCUT2D eigenvalue weighted by Crippen LogP contribution is 2.31. The maximum Gasteiger partial charge on any atom is 0.325 e. The van der Waals surface area contributed by atoms with Crippen LogP contribution in [0.15, 0.2) is 24.3 Å². The van der Waals surface area contributed by atoms with Gasteiger partial charge in [0.05, 0.1) is 19.7 Å². The second kappa shape index (κ2) is 7.55. The van der Waals surface area contributed by atoms with Crippen molar-refractivity contribution in [3.05, 3.63) is 29.8 Å². The molecule has 2 heterocycles. The Morgan fingerprint density at radius 2 is 1.96 bits per heavy atom. The maximum absolute atomic E-state index is 12.8. The van der Waals surface area contributed by atoms with Crippen LogP contribution in [0, 0.1) is 0 Å². The number of urea groups is 1. The lowest BCUT2D eigenvalue weighted by Gasteiger charge is -2.31. The number of rotatable bonds is 4.